The molecule has 0 fully saturated rings. The number of nitrogens with zero attached hydrogens (tertiary/aromatic N) is 5. The van der Waals surface area contributed by atoms with Crippen molar-refractivity contribution in [3.63, 3.8) is 0 Å². The van der Waals surface area contributed by atoms with E-state index < -0.39 is 4.92 Å². The molecule has 3 N–H and O–H groups in total. The topological polar surface area (TPSA) is 133 Å². The van der Waals surface area contributed by atoms with Crippen molar-refractivity contribution in [3.8, 4) is 0 Å². The largest absolute Gasteiger partial charge is 0.320 e. The lowest BCUT2D eigenvalue weighted by molar-refractivity contribution is -0.388. The number of rotatable bonds is 4. The van der Waals surface area contributed by atoms with E-state index in [9.17, 15) is 10.1 Å². The van der Waals surface area contributed by atoms with E-state index in [1.165, 1.54) is 0 Å². The smallest absolute Gasteiger partial charge is 0.292 e. The predicted octanol–water partition coefficient (Wildman–Crippen LogP) is 1.54. The number of nitrogen functional groups attached to an aromatic ring is 1. The van der Waals surface area contributed by atoms with Gasteiger partial charge in [0.1, 0.15) is 6.20 Å². The number of aryl methyl sites for hydroxylation is 2. The molecule has 2 aromatic rings. The fourth-order valence-corrected chi connectivity index (χ4v) is 2.41. The molecule has 2 rings (SSSR count). The first-order valence-corrected chi connectivity index (χ1v) is 6.71. The van der Waals surface area contributed by atoms with Gasteiger partial charge in [-0.25, -0.2) is 20.8 Å². The molecule has 0 aliphatic heterocycles. The van der Waals surface area contributed by atoms with E-state index in [0.29, 0.717) is 5.16 Å². The summed E-state index contributed by atoms with van der Waals surface area (Å²) in [4.78, 5) is 26.8. The zero-order chi connectivity index (χ0) is 15.6. The molecule has 0 radical (unpaired) electrons. The van der Waals surface area contributed by atoms with Crippen molar-refractivity contribution < 1.29 is 4.92 Å². The zero-order valence-corrected chi connectivity index (χ0v) is 12.4. The Balaban J connectivity index is 2.45. The molecular formula is C11H13N7O2S. The summed E-state index contributed by atoms with van der Waals surface area (Å²) in [6.07, 6.45) is 1.10. The molecule has 0 atom stereocenters. The zero-order valence-electron chi connectivity index (χ0n) is 11.6. The molecule has 9 nitrogen and oxygen atoms in total. The van der Waals surface area contributed by atoms with Gasteiger partial charge in [0.25, 0.3) is 0 Å². The molecule has 0 spiro atoms. The molecule has 2 heterocycles. The minimum atomic E-state index is -0.559. The van der Waals surface area contributed by atoms with E-state index in [2.05, 4.69) is 25.4 Å². The van der Waals surface area contributed by atoms with Crippen LogP contribution < -0.4 is 11.3 Å². The lowest BCUT2D eigenvalue weighted by Crippen LogP contribution is -2.11. The predicted molar refractivity (Wildman–Crippen MR) is 76.9 cm³/mol. The highest BCUT2D eigenvalue weighted by atomic mass is 32.2. The summed E-state index contributed by atoms with van der Waals surface area (Å²) in [5, 5.41) is 11.5. The summed E-state index contributed by atoms with van der Waals surface area (Å²) >= 11 is 0.999. The highest BCUT2D eigenvalue weighted by molar-refractivity contribution is 7.99. The van der Waals surface area contributed by atoms with Crippen molar-refractivity contribution in [1.29, 1.82) is 0 Å². The number of hydrogen-bond acceptors (Lipinski definition) is 9. The van der Waals surface area contributed by atoms with Gasteiger partial charge in [0, 0.05) is 11.4 Å². The summed E-state index contributed by atoms with van der Waals surface area (Å²) in [5.74, 6) is 5.31. The van der Waals surface area contributed by atoms with Crippen molar-refractivity contribution >= 4 is 23.4 Å². The van der Waals surface area contributed by atoms with Crippen LogP contribution in [0, 0.1) is 30.9 Å². The van der Waals surface area contributed by atoms with E-state index in [1.54, 1.807) is 0 Å². The summed E-state index contributed by atoms with van der Waals surface area (Å²) in [6, 6.07) is 0. The molecule has 110 valence electrons. The standard InChI is InChI=1S/C11H13N7O2S/c1-5-6(2)14-11(15-7(5)3)21-9-8(18(19)20)4-13-10(16-9)17-12/h4H,12H2,1-3H3,(H,13,16,17). The van der Waals surface area contributed by atoms with Crippen LogP contribution in [0.3, 0.4) is 0 Å². The van der Waals surface area contributed by atoms with Gasteiger partial charge in [-0.3, -0.25) is 15.5 Å². The number of aromatic nitrogens is 4. The number of anilines is 1. The molecular weight excluding hydrogens is 294 g/mol. The van der Waals surface area contributed by atoms with E-state index >= 15 is 0 Å². The van der Waals surface area contributed by atoms with Crippen LogP contribution in [0.4, 0.5) is 11.6 Å². The first kappa shape index (κ1) is 15.1. The molecule has 21 heavy (non-hydrogen) atoms. The molecule has 10 heteroatoms. The molecule has 0 aliphatic rings. The Labute approximate surface area is 124 Å². The van der Waals surface area contributed by atoms with Gasteiger partial charge in [-0.1, -0.05) is 0 Å². The monoisotopic (exact) mass is 307 g/mol. The third kappa shape index (κ3) is 3.23. The van der Waals surface area contributed by atoms with Crippen molar-refractivity contribution in [2.24, 2.45) is 5.84 Å². The van der Waals surface area contributed by atoms with Crippen molar-refractivity contribution in [2.45, 2.75) is 31.0 Å². The van der Waals surface area contributed by atoms with Crippen molar-refractivity contribution in [2.75, 3.05) is 5.43 Å². The number of hydrazine groups is 1. The van der Waals surface area contributed by atoms with Crippen LogP contribution in [0.15, 0.2) is 16.4 Å². The Bertz CT molecular complexity index is 684. The van der Waals surface area contributed by atoms with Crippen LogP contribution in [0.5, 0.6) is 0 Å². The molecule has 0 aromatic carbocycles. The van der Waals surface area contributed by atoms with Gasteiger partial charge in [0.2, 0.25) is 5.95 Å². The number of nitro groups is 1. The molecule has 0 saturated carbocycles. The summed E-state index contributed by atoms with van der Waals surface area (Å²) in [5.41, 5.74) is 4.65. The second-order valence-corrected chi connectivity index (χ2v) is 5.15. The minimum Gasteiger partial charge on any atom is -0.292 e. The quantitative estimate of drug-likeness (QED) is 0.283. The molecule has 0 aliphatic carbocycles. The van der Waals surface area contributed by atoms with Gasteiger partial charge >= 0.3 is 5.69 Å². The summed E-state index contributed by atoms with van der Waals surface area (Å²) in [6.45, 7) is 5.63. The van der Waals surface area contributed by atoms with Crippen LogP contribution in [0.25, 0.3) is 0 Å². The molecule has 0 bridgehead atoms. The van der Waals surface area contributed by atoms with Crippen molar-refractivity contribution in [3.05, 3.63) is 33.3 Å². The fourth-order valence-electron chi connectivity index (χ4n) is 1.50. The average molecular weight is 307 g/mol. The van der Waals surface area contributed by atoms with Crippen LogP contribution in [-0.4, -0.2) is 24.9 Å². The molecule has 2 aromatic heterocycles. The van der Waals surface area contributed by atoms with Crippen LogP contribution >= 0.6 is 11.8 Å². The number of hydrogen-bond donors (Lipinski definition) is 2. The maximum absolute atomic E-state index is 11.0. The Morgan fingerprint density at radius 1 is 1.24 bits per heavy atom. The Kier molecular flexibility index (Phi) is 4.29. The maximum atomic E-state index is 11.0. The van der Waals surface area contributed by atoms with Crippen LogP contribution in [-0.2, 0) is 0 Å². The van der Waals surface area contributed by atoms with E-state index in [1.807, 2.05) is 20.8 Å². The van der Waals surface area contributed by atoms with Gasteiger partial charge in [-0.05, 0) is 38.1 Å². The van der Waals surface area contributed by atoms with Crippen LogP contribution in [0.1, 0.15) is 17.0 Å². The van der Waals surface area contributed by atoms with Crippen LogP contribution in [0.2, 0.25) is 0 Å². The van der Waals surface area contributed by atoms with Crippen molar-refractivity contribution in [1.82, 2.24) is 19.9 Å². The second-order valence-electron chi connectivity index (χ2n) is 4.19. The molecule has 0 unspecified atom stereocenters. The lowest BCUT2D eigenvalue weighted by Gasteiger charge is -2.07. The summed E-state index contributed by atoms with van der Waals surface area (Å²) < 4.78 is 0. The first-order valence-electron chi connectivity index (χ1n) is 5.90. The Morgan fingerprint density at radius 3 is 2.38 bits per heavy atom. The number of nitrogens with two attached hydrogens (primary N) is 1. The third-order valence-corrected chi connectivity index (χ3v) is 3.72. The average Bonchev–Trinajstić information content (AvgIpc) is 2.44. The highest BCUT2D eigenvalue weighted by Gasteiger charge is 2.20. The first-order chi connectivity index (χ1) is 9.92. The Morgan fingerprint density at radius 2 is 1.86 bits per heavy atom. The second kappa shape index (κ2) is 5.97. The normalized spacial score (nSPS) is 10.5. The van der Waals surface area contributed by atoms with Gasteiger partial charge < -0.3 is 0 Å². The lowest BCUT2D eigenvalue weighted by atomic mass is 10.2. The fraction of sp³-hybridized carbons (Fsp3) is 0.273. The SMILES string of the molecule is Cc1nc(Sc2nc(NN)ncc2[N+](=O)[O-])nc(C)c1C. The van der Waals surface area contributed by atoms with Gasteiger partial charge in [-0.2, -0.15) is 4.98 Å². The maximum Gasteiger partial charge on any atom is 0.320 e. The summed E-state index contributed by atoms with van der Waals surface area (Å²) in [7, 11) is 0. The van der Waals surface area contributed by atoms with Gasteiger partial charge in [0.05, 0.1) is 4.92 Å². The highest BCUT2D eigenvalue weighted by Crippen LogP contribution is 2.31. The minimum absolute atomic E-state index is 0.0867. The number of nitrogens with one attached hydrogen (secondary N) is 1. The third-order valence-electron chi connectivity index (χ3n) is 2.86. The molecule has 0 amide bonds. The van der Waals surface area contributed by atoms with Gasteiger partial charge in [0.15, 0.2) is 10.2 Å². The van der Waals surface area contributed by atoms with Gasteiger partial charge in [-0.15, -0.1) is 0 Å². The van der Waals surface area contributed by atoms with E-state index in [0.717, 1.165) is 34.9 Å². The Hall–Kier alpha value is -2.33. The van der Waals surface area contributed by atoms with E-state index in [4.69, 9.17) is 5.84 Å². The molecule has 0 saturated heterocycles. The van der Waals surface area contributed by atoms with E-state index in [-0.39, 0.29) is 16.7 Å².